The number of rotatable bonds is 5. The van der Waals surface area contributed by atoms with Gasteiger partial charge in [-0.05, 0) is 45.1 Å². The lowest BCUT2D eigenvalue weighted by atomic mass is 10.00. The third-order valence-corrected chi connectivity index (χ3v) is 8.81. The first-order valence-corrected chi connectivity index (χ1v) is 13.0. The molecule has 2 aliphatic rings. The maximum atomic E-state index is 12.8. The van der Waals surface area contributed by atoms with Gasteiger partial charge in [0, 0.05) is 50.0 Å². The summed E-state index contributed by atoms with van der Waals surface area (Å²) < 4.78 is 30.2. The number of aliphatic hydroxyl groups is 1. The molecule has 34 heavy (non-hydrogen) atoms. The Kier molecular flexibility index (Phi) is 5.69. The van der Waals surface area contributed by atoms with Crippen LogP contribution in [0.3, 0.4) is 0 Å². The first-order chi connectivity index (χ1) is 16.1. The van der Waals surface area contributed by atoms with Crippen molar-refractivity contribution in [3.63, 3.8) is 0 Å². The summed E-state index contributed by atoms with van der Waals surface area (Å²) in [4.78, 5) is 22.0. The van der Waals surface area contributed by atoms with Gasteiger partial charge in [-0.1, -0.05) is 0 Å². The predicted octanol–water partition coefficient (Wildman–Crippen LogP) is 1.27. The molecule has 0 bridgehead atoms. The zero-order valence-corrected chi connectivity index (χ0v) is 20.1. The molecule has 0 spiro atoms. The van der Waals surface area contributed by atoms with Crippen LogP contribution < -0.4 is 10.9 Å². The highest BCUT2D eigenvalue weighted by molar-refractivity contribution is 7.89. The molecule has 0 amide bonds. The first kappa shape index (κ1) is 22.9. The standard InChI is InChI=1S/C22H29N7O4S/c1-22(31)9-3-4-18(22)29-19(30)6-5-15-12-23-21(26-20(15)29)25-16-7-10-28(11-8-16)34(32,33)17-13-24-27(2)14-17/h5-6,12-14,16,18,31H,3-4,7-11H2,1-2H3,(H,23,25,26)/t18-,22-/m1/s1. The molecular weight excluding hydrogens is 458 g/mol. The molecule has 182 valence electrons. The second-order valence-corrected chi connectivity index (χ2v) is 11.4. The number of anilines is 1. The average Bonchev–Trinajstić information content (AvgIpc) is 3.39. The van der Waals surface area contributed by atoms with E-state index in [1.165, 1.54) is 27.4 Å². The van der Waals surface area contributed by atoms with Gasteiger partial charge in [-0.25, -0.2) is 13.4 Å². The fraction of sp³-hybridized carbons (Fsp3) is 0.545. The van der Waals surface area contributed by atoms with Gasteiger partial charge in [0.1, 0.15) is 10.5 Å². The van der Waals surface area contributed by atoms with Crippen molar-refractivity contribution < 1.29 is 13.5 Å². The summed E-state index contributed by atoms with van der Waals surface area (Å²) in [5, 5.41) is 18.8. The van der Waals surface area contributed by atoms with Crippen LogP contribution in [0.15, 0.2) is 40.4 Å². The summed E-state index contributed by atoms with van der Waals surface area (Å²) in [7, 11) is -1.88. The molecule has 12 heteroatoms. The van der Waals surface area contributed by atoms with Crippen molar-refractivity contribution in [3.8, 4) is 0 Å². The molecule has 0 unspecified atom stereocenters. The molecule has 2 N–H and O–H groups in total. The number of nitrogens with one attached hydrogen (secondary N) is 1. The van der Waals surface area contributed by atoms with Gasteiger partial charge in [-0.2, -0.15) is 14.4 Å². The van der Waals surface area contributed by atoms with E-state index in [0.717, 1.165) is 11.8 Å². The van der Waals surface area contributed by atoms with Gasteiger partial charge < -0.3 is 10.4 Å². The number of sulfonamides is 1. The van der Waals surface area contributed by atoms with Gasteiger partial charge in [0.25, 0.3) is 5.56 Å². The highest BCUT2D eigenvalue weighted by Crippen LogP contribution is 2.39. The van der Waals surface area contributed by atoms with Gasteiger partial charge in [0.2, 0.25) is 16.0 Å². The van der Waals surface area contributed by atoms with Crippen molar-refractivity contribution in [3.05, 3.63) is 41.1 Å². The highest BCUT2D eigenvalue weighted by Gasteiger charge is 2.39. The minimum atomic E-state index is -3.57. The Labute approximate surface area is 197 Å². The molecule has 11 nitrogen and oxygen atoms in total. The van der Waals surface area contributed by atoms with E-state index in [0.29, 0.717) is 50.4 Å². The van der Waals surface area contributed by atoms with Crippen molar-refractivity contribution in [1.29, 1.82) is 0 Å². The number of nitrogens with zero attached hydrogens (tertiary/aromatic N) is 6. The van der Waals surface area contributed by atoms with E-state index in [-0.39, 0.29) is 22.5 Å². The summed E-state index contributed by atoms with van der Waals surface area (Å²) in [6.45, 7) is 2.51. The Morgan fingerprint density at radius 3 is 2.59 bits per heavy atom. The summed E-state index contributed by atoms with van der Waals surface area (Å²) in [6.07, 6.45) is 7.93. The van der Waals surface area contributed by atoms with E-state index in [2.05, 4.69) is 20.4 Å². The summed E-state index contributed by atoms with van der Waals surface area (Å²) in [5.74, 6) is 0.387. The number of piperidine rings is 1. The quantitative estimate of drug-likeness (QED) is 0.549. The Morgan fingerprint density at radius 2 is 1.94 bits per heavy atom. The number of aryl methyl sites for hydroxylation is 1. The molecule has 4 heterocycles. The van der Waals surface area contributed by atoms with Crippen LogP contribution in [0.2, 0.25) is 0 Å². The minimum Gasteiger partial charge on any atom is -0.388 e. The van der Waals surface area contributed by atoms with Crippen molar-refractivity contribution in [2.75, 3.05) is 18.4 Å². The van der Waals surface area contributed by atoms with E-state index >= 15 is 0 Å². The van der Waals surface area contributed by atoms with E-state index in [1.807, 2.05) is 0 Å². The summed E-state index contributed by atoms with van der Waals surface area (Å²) in [5.41, 5.74) is -0.671. The van der Waals surface area contributed by atoms with Crippen molar-refractivity contribution in [2.24, 2.45) is 7.05 Å². The van der Waals surface area contributed by atoms with Crippen molar-refractivity contribution in [1.82, 2.24) is 28.6 Å². The van der Waals surface area contributed by atoms with Crippen LogP contribution in [-0.4, -0.2) is 66.9 Å². The van der Waals surface area contributed by atoms with Crippen LogP contribution in [0.4, 0.5) is 5.95 Å². The van der Waals surface area contributed by atoms with Gasteiger partial charge >= 0.3 is 0 Å². The van der Waals surface area contributed by atoms with E-state index in [9.17, 15) is 18.3 Å². The van der Waals surface area contributed by atoms with Crippen LogP contribution in [0.5, 0.6) is 0 Å². The van der Waals surface area contributed by atoms with E-state index in [1.54, 1.807) is 30.8 Å². The topological polar surface area (TPSA) is 135 Å². The Morgan fingerprint density at radius 1 is 1.18 bits per heavy atom. The molecule has 1 saturated heterocycles. The normalized spacial score (nSPS) is 24.6. The van der Waals surface area contributed by atoms with Crippen LogP contribution in [0.25, 0.3) is 11.0 Å². The zero-order chi connectivity index (χ0) is 24.1. The minimum absolute atomic E-state index is 0.00345. The molecule has 1 aliphatic heterocycles. The third-order valence-electron chi connectivity index (χ3n) is 6.96. The molecule has 1 saturated carbocycles. The number of aromatic nitrogens is 5. The second kappa shape index (κ2) is 8.43. The molecule has 2 atom stereocenters. The third kappa shape index (κ3) is 4.10. The SMILES string of the molecule is Cn1cc(S(=O)(=O)N2CCC(Nc3ncc4ccc(=O)n([C@@H]5CCC[C@@]5(C)O)c4n3)CC2)cn1. The molecule has 0 radical (unpaired) electrons. The maximum absolute atomic E-state index is 12.8. The predicted molar refractivity (Wildman–Crippen MR) is 126 cm³/mol. The lowest BCUT2D eigenvalue weighted by Gasteiger charge is -2.31. The molecule has 2 fully saturated rings. The second-order valence-electron chi connectivity index (χ2n) is 9.45. The smallest absolute Gasteiger partial charge is 0.252 e. The maximum Gasteiger partial charge on any atom is 0.252 e. The number of pyridine rings is 1. The average molecular weight is 488 g/mol. The zero-order valence-electron chi connectivity index (χ0n) is 19.3. The molecule has 1 aliphatic carbocycles. The Balaban J connectivity index is 1.34. The lowest BCUT2D eigenvalue weighted by molar-refractivity contribution is 0.0267. The van der Waals surface area contributed by atoms with E-state index < -0.39 is 15.6 Å². The molecule has 0 aromatic carbocycles. The molecule has 5 rings (SSSR count). The van der Waals surface area contributed by atoms with Gasteiger partial charge in [0.05, 0.1) is 17.8 Å². The molecule has 3 aromatic heterocycles. The van der Waals surface area contributed by atoms with Gasteiger partial charge in [-0.3, -0.25) is 14.0 Å². The monoisotopic (exact) mass is 487 g/mol. The molecule has 3 aromatic rings. The first-order valence-electron chi connectivity index (χ1n) is 11.5. The van der Waals surface area contributed by atoms with Crippen LogP contribution >= 0.6 is 0 Å². The fourth-order valence-electron chi connectivity index (χ4n) is 5.05. The Bertz CT molecular complexity index is 1370. The van der Waals surface area contributed by atoms with Gasteiger partial charge in [-0.15, -0.1) is 0 Å². The van der Waals surface area contributed by atoms with Crippen LogP contribution in [-0.2, 0) is 17.1 Å². The van der Waals surface area contributed by atoms with E-state index in [4.69, 9.17) is 0 Å². The largest absolute Gasteiger partial charge is 0.388 e. The number of hydrogen-bond donors (Lipinski definition) is 2. The summed E-state index contributed by atoms with van der Waals surface area (Å²) >= 11 is 0. The van der Waals surface area contributed by atoms with Crippen LogP contribution in [0, 0.1) is 0 Å². The molecular formula is C22H29N7O4S. The van der Waals surface area contributed by atoms with Crippen molar-refractivity contribution in [2.45, 2.75) is 61.6 Å². The summed E-state index contributed by atoms with van der Waals surface area (Å²) in [6, 6.07) is 2.85. The Hall–Kier alpha value is -2.83. The number of fused-ring (bicyclic) bond motifs is 1. The fourth-order valence-corrected chi connectivity index (χ4v) is 6.51. The highest BCUT2D eigenvalue weighted by atomic mass is 32.2. The number of hydrogen-bond acceptors (Lipinski definition) is 8. The van der Waals surface area contributed by atoms with Gasteiger partial charge in [0.15, 0.2) is 0 Å². The van der Waals surface area contributed by atoms with Crippen molar-refractivity contribution >= 4 is 27.0 Å². The van der Waals surface area contributed by atoms with Crippen LogP contribution in [0.1, 0.15) is 45.1 Å². The lowest BCUT2D eigenvalue weighted by Crippen LogP contribution is -2.42.